The third-order valence-corrected chi connectivity index (χ3v) is 4.68. The van der Waals surface area contributed by atoms with Crippen LogP contribution in [0, 0.1) is 5.92 Å². The number of nitrogens with one attached hydrogen (secondary N) is 1. The monoisotopic (exact) mass is 361 g/mol. The molecule has 0 bridgehead atoms. The fourth-order valence-electron chi connectivity index (χ4n) is 3.05. The van der Waals surface area contributed by atoms with Gasteiger partial charge in [0, 0.05) is 18.0 Å². The second-order valence-electron chi connectivity index (χ2n) is 6.69. The fourth-order valence-corrected chi connectivity index (χ4v) is 3.05. The van der Waals surface area contributed by atoms with Gasteiger partial charge in [-0.25, -0.2) is 4.79 Å². The Balaban J connectivity index is 1.68. The van der Waals surface area contributed by atoms with E-state index in [9.17, 15) is 14.4 Å². The minimum atomic E-state index is -0.606. The summed E-state index contributed by atoms with van der Waals surface area (Å²) < 4.78 is 10.3. The number of amides is 1. The van der Waals surface area contributed by atoms with E-state index in [1.807, 2.05) is 0 Å². The lowest BCUT2D eigenvalue weighted by Gasteiger charge is -2.29. The maximum absolute atomic E-state index is 11.9. The number of benzene rings is 1. The smallest absolute Gasteiger partial charge is 0.344 e. The van der Waals surface area contributed by atoms with E-state index in [0.717, 1.165) is 19.3 Å². The quantitative estimate of drug-likeness (QED) is 0.569. The van der Waals surface area contributed by atoms with Gasteiger partial charge in [0.05, 0.1) is 0 Å². The van der Waals surface area contributed by atoms with Crippen molar-refractivity contribution in [3.63, 3.8) is 0 Å². The molecule has 2 atom stereocenters. The van der Waals surface area contributed by atoms with Crippen molar-refractivity contribution in [1.29, 1.82) is 0 Å². The Morgan fingerprint density at radius 3 is 2.42 bits per heavy atom. The predicted octanol–water partition coefficient (Wildman–Crippen LogP) is 2.90. The zero-order valence-electron chi connectivity index (χ0n) is 15.5. The molecular formula is C20H27NO5. The van der Waals surface area contributed by atoms with Gasteiger partial charge in [-0.05, 0) is 43.0 Å². The number of hydrogen-bond acceptors (Lipinski definition) is 5. The highest BCUT2D eigenvalue weighted by molar-refractivity contribution is 5.95. The molecule has 1 fully saturated rings. The number of ether oxygens (including phenoxy) is 2. The highest BCUT2D eigenvalue weighted by Gasteiger charge is 2.23. The van der Waals surface area contributed by atoms with Gasteiger partial charge in [-0.3, -0.25) is 9.59 Å². The summed E-state index contributed by atoms with van der Waals surface area (Å²) in [7, 11) is 0. The minimum absolute atomic E-state index is 0.0502. The van der Waals surface area contributed by atoms with Crippen molar-refractivity contribution >= 4 is 17.7 Å². The Kier molecular flexibility index (Phi) is 7.63. The molecule has 0 aromatic heterocycles. The van der Waals surface area contributed by atoms with E-state index < -0.39 is 5.97 Å². The van der Waals surface area contributed by atoms with Gasteiger partial charge in [0.15, 0.2) is 19.0 Å². The lowest BCUT2D eigenvalue weighted by Crippen LogP contribution is -2.43. The second-order valence-corrected chi connectivity index (χ2v) is 6.69. The van der Waals surface area contributed by atoms with Gasteiger partial charge in [0.1, 0.15) is 5.75 Å². The van der Waals surface area contributed by atoms with Crippen molar-refractivity contribution < 1.29 is 23.9 Å². The number of carbonyl (C=O) groups is 3. The molecule has 0 radical (unpaired) electrons. The van der Waals surface area contributed by atoms with Crippen LogP contribution in [0.2, 0.25) is 0 Å². The van der Waals surface area contributed by atoms with Crippen molar-refractivity contribution in [3.8, 4) is 5.75 Å². The van der Waals surface area contributed by atoms with Gasteiger partial charge >= 0.3 is 5.97 Å². The van der Waals surface area contributed by atoms with E-state index in [1.54, 1.807) is 31.2 Å². The van der Waals surface area contributed by atoms with Gasteiger partial charge in [-0.15, -0.1) is 0 Å². The lowest BCUT2D eigenvalue weighted by molar-refractivity contribution is -0.150. The standard InChI is InChI=1S/C20H27NO5/c1-3-18(22)15-8-10-16(11-9-15)25-13-20(24)26-12-19(23)21-17-7-5-4-6-14(17)2/h8-11,14,17H,3-7,12-13H2,1-2H3,(H,21,23)/t14-,17-/m1/s1. The molecule has 1 aliphatic carbocycles. The Hall–Kier alpha value is -2.37. The van der Waals surface area contributed by atoms with Crippen molar-refractivity contribution in [1.82, 2.24) is 5.32 Å². The maximum Gasteiger partial charge on any atom is 0.344 e. The lowest BCUT2D eigenvalue weighted by atomic mass is 9.86. The van der Waals surface area contributed by atoms with Gasteiger partial charge < -0.3 is 14.8 Å². The Bertz CT molecular complexity index is 626. The number of hydrogen-bond donors (Lipinski definition) is 1. The fraction of sp³-hybridized carbons (Fsp3) is 0.550. The SMILES string of the molecule is CCC(=O)c1ccc(OCC(=O)OCC(=O)N[C@@H]2CCCC[C@H]2C)cc1. The molecule has 1 amide bonds. The van der Waals surface area contributed by atoms with Crippen LogP contribution >= 0.6 is 0 Å². The van der Waals surface area contributed by atoms with Gasteiger partial charge in [0.2, 0.25) is 0 Å². The van der Waals surface area contributed by atoms with Crippen molar-refractivity contribution in [2.75, 3.05) is 13.2 Å². The number of esters is 1. The molecule has 0 spiro atoms. The first-order chi connectivity index (χ1) is 12.5. The summed E-state index contributed by atoms with van der Waals surface area (Å²) in [5.74, 6) is 0.0868. The first kappa shape index (κ1) is 19.9. The summed E-state index contributed by atoms with van der Waals surface area (Å²) in [5.41, 5.74) is 0.607. The van der Waals surface area contributed by atoms with Crippen LogP contribution in [0.4, 0.5) is 0 Å². The molecule has 2 rings (SSSR count). The van der Waals surface area contributed by atoms with Crippen LogP contribution in [0.15, 0.2) is 24.3 Å². The molecule has 142 valence electrons. The zero-order chi connectivity index (χ0) is 18.9. The molecule has 6 heteroatoms. The summed E-state index contributed by atoms with van der Waals surface area (Å²) in [5, 5.41) is 2.93. The van der Waals surface area contributed by atoms with E-state index in [2.05, 4.69) is 12.2 Å². The largest absolute Gasteiger partial charge is 0.482 e. The third kappa shape index (κ3) is 6.17. The predicted molar refractivity (Wildman–Crippen MR) is 97.1 cm³/mol. The summed E-state index contributed by atoms with van der Waals surface area (Å²) >= 11 is 0. The Labute approximate surface area is 154 Å². The molecule has 26 heavy (non-hydrogen) atoms. The second kappa shape index (κ2) is 9.94. The summed E-state index contributed by atoms with van der Waals surface area (Å²) in [6, 6.07) is 6.74. The van der Waals surface area contributed by atoms with Crippen molar-refractivity contribution in [3.05, 3.63) is 29.8 Å². The average molecular weight is 361 g/mol. The summed E-state index contributed by atoms with van der Waals surface area (Å²) in [4.78, 5) is 35.2. The highest BCUT2D eigenvalue weighted by Crippen LogP contribution is 2.23. The Morgan fingerprint density at radius 1 is 1.08 bits per heavy atom. The molecule has 6 nitrogen and oxygen atoms in total. The van der Waals surface area contributed by atoms with Crippen LogP contribution in [0.25, 0.3) is 0 Å². The van der Waals surface area contributed by atoms with E-state index in [0.29, 0.717) is 23.7 Å². The average Bonchev–Trinajstić information content (AvgIpc) is 2.66. The number of ketones is 1. The van der Waals surface area contributed by atoms with Crippen LogP contribution in [0.1, 0.15) is 56.3 Å². The zero-order valence-corrected chi connectivity index (χ0v) is 15.5. The van der Waals surface area contributed by atoms with E-state index >= 15 is 0 Å². The van der Waals surface area contributed by atoms with Crippen LogP contribution in [-0.2, 0) is 14.3 Å². The van der Waals surface area contributed by atoms with Crippen LogP contribution in [0.5, 0.6) is 5.75 Å². The summed E-state index contributed by atoms with van der Waals surface area (Å²) in [6.07, 6.45) is 4.84. The van der Waals surface area contributed by atoms with Crippen molar-refractivity contribution in [2.24, 2.45) is 5.92 Å². The molecule has 0 saturated heterocycles. The third-order valence-electron chi connectivity index (χ3n) is 4.68. The topological polar surface area (TPSA) is 81.7 Å². The van der Waals surface area contributed by atoms with Crippen molar-refractivity contribution in [2.45, 2.75) is 52.0 Å². The van der Waals surface area contributed by atoms with E-state index in [1.165, 1.54) is 6.42 Å². The number of rotatable bonds is 8. The number of Topliss-reactive ketones (excluding diaryl/α,β-unsaturated/α-hetero) is 1. The molecule has 0 heterocycles. The highest BCUT2D eigenvalue weighted by atomic mass is 16.6. The molecular weight excluding hydrogens is 334 g/mol. The van der Waals surface area contributed by atoms with Crippen LogP contribution in [-0.4, -0.2) is 36.9 Å². The van der Waals surface area contributed by atoms with E-state index in [4.69, 9.17) is 9.47 Å². The molecule has 1 aromatic rings. The first-order valence-corrected chi connectivity index (χ1v) is 9.20. The van der Waals surface area contributed by atoms with Gasteiger partial charge in [-0.1, -0.05) is 26.7 Å². The molecule has 1 saturated carbocycles. The summed E-state index contributed by atoms with van der Waals surface area (Å²) in [6.45, 7) is 3.35. The maximum atomic E-state index is 11.9. The molecule has 1 N–H and O–H groups in total. The van der Waals surface area contributed by atoms with Gasteiger partial charge in [0.25, 0.3) is 5.91 Å². The molecule has 0 aliphatic heterocycles. The molecule has 1 aliphatic rings. The van der Waals surface area contributed by atoms with Gasteiger partial charge in [-0.2, -0.15) is 0 Å². The first-order valence-electron chi connectivity index (χ1n) is 9.20. The van der Waals surface area contributed by atoms with Crippen LogP contribution < -0.4 is 10.1 Å². The molecule has 0 unspecified atom stereocenters. The Morgan fingerprint density at radius 2 is 1.77 bits per heavy atom. The van der Waals surface area contributed by atoms with E-state index in [-0.39, 0.29) is 30.9 Å². The van der Waals surface area contributed by atoms with Crippen LogP contribution in [0.3, 0.4) is 0 Å². The normalized spacial score (nSPS) is 19.5. The molecule has 1 aromatic carbocycles. The minimum Gasteiger partial charge on any atom is -0.482 e. The number of carbonyl (C=O) groups excluding carboxylic acids is 3.